The molecule has 1 N–H and O–H groups in total. The molecule has 0 saturated carbocycles. The Bertz CT molecular complexity index is 1340. The number of fused-ring (bicyclic) bond motifs is 1. The number of non-ortho nitro benzene ring substituents is 1. The quantitative estimate of drug-likeness (QED) is 0.359. The molecule has 164 valence electrons. The number of hydrogen-bond acceptors (Lipinski definition) is 7. The van der Waals surface area contributed by atoms with E-state index in [-0.39, 0.29) is 29.4 Å². The molecule has 0 fully saturated rings. The van der Waals surface area contributed by atoms with Gasteiger partial charge in [-0.05, 0) is 54.1 Å². The topological polar surface area (TPSA) is 111 Å². The Morgan fingerprint density at radius 1 is 0.909 bits per heavy atom. The first-order chi connectivity index (χ1) is 15.9. The monoisotopic (exact) mass is 447 g/mol. The first-order valence-corrected chi connectivity index (χ1v) is 9.72. The Hall–Kier alpha value is -4.73. The molecule has 0 spiro atoms. The summed E-state index contributed by atoms with van der Waals surface area (Å²) in [5.41, 5.74) is 0.807. The van der Waals surface area contributed by atoms with Crippen molar-refractivity contribution in [3.05, 3.63) is 93.9 Å². The molecule has 2 aliphatic rings. The molecule has 0 radical (unpaired) electrons. The molecule has 3 aromatic carbocycles. The van der Waals surface area contributed by atoms with Gasteiger partial charge in [0.2, 0.25) is 6.79 Å². The molecule has 10 heteroatoms. The molecule has 0 aliphatic carbocycles. The van der Waals surface area contributed by atoms with Crippen LogP contribution in [0, 0.1) is 15.9 Å². The number of benzene rings is 3. The van der Waals surface area contributed by atoms with Crippen LogP contribution in [0.25, 0.3) is 5.57 Å². The minimum absolute atomic E-state index is 0.0249. The molecule has 2 amide bonds. The summed E-state index contributed by atoms with van der Waals surface area (Å²) < 4.78 is 24.0. The second-order valence-corrected chi connectivity index (χ2v) is 7.17. The standard InChI is InChI=1S/C23H14FN3O6/c24-14-3-8-16(9-4-14)26-22(28)20(13-1-6-17(7-2-13)27(30)31)21(23(26)29)25-15-5-10-18-19(11-15)33-12-32-18/h1-11,25H,12H2. The van der Waals surface area contributed by atoms with Crippen LogP contribution in [0.3, 0.4) is 0 Å². The highest BCUT2D eigenvalue weighted by atomic mass is 19.1. The second-order valence-electron chi connectivity index (χ2n) is 7.17. The van der Waals surface area contributed by atoms with Crippen molar-refractivity contribution in [3.63, 3.8) is 0 Å². The van der Waals surface area contributed by atoms with Crippen molar-refractivity contribution >= 4 is 34.4 Å². The van der Waals surface area contributed by atoms with Gasteiger partial charge in [-0.25, -0.2) is 9.29 Å². The van der Waals surface area contributed by atoms with E-state index in [2.05, 4.69) is 5.32 Å². The molecule has 33 heavy (non-hydrogen) atoms. The van der Waals surface area contributed by atoms with Crippen LogP contribution in [-0.4, -0.2) is 23.5 Å². The molecule has 0 aromatic heterocycles. The lowest BCUT2D eigenvalue weighted by Gasteiger charge is -2.15. The van der Waals surface area contributed by atoms with Gasteiger partial charge in [-0.15, -0.1) is 0 Å². The van der Waals surface area contributed by atoms with Crippen LogP contribution in [-0.2, 0) is 9.59 Å². The largest absolute Gasteiger partial charge is 0.454 e. The maximum atomic E-state index is 13.4. The molecule has 0 atom stereocenters. The van der Waals surface area contributed by atoms with E-state index in [0.717, 1.165) is 17.0 Å². The number of anilines is 2. The number of imide groups is 1. The zero-order chi connectivity index (χ0) is 23.1. The van der Waals surface area contributed by atoms with Gasteiger partial charge in [0.25, 0.3) is 17.5 Å². The van der Waals surface area contributed by atoms with E-state index in [1.165, 1.54) is 36.4 Å². The lowest BCUT2D eigenvalue weighted by atomic mass is 10.0. The van der Waals surface area contributed by atoms with Crippen molar-refractivity contribution < 1.29 is 28.4 Å². The molecule has 0 unspecified atom stereocenters. The lowest BCUT2D eigenvalue weighted by Crippen LogP contribution is -2.32. The first-order valence-electron chi connectivity index (χ1n) is 9.72. The van der Waals surface area contributed by atoms with Gasteiger partial charge in [-0.2, -0.15) is 0 Å². The van der Waals surface area contributed by atoms with Gasteiger partial charge in [-0.3, -0.25) is 19.7 Å². The summed E-state index contributed by atoms with van der Waals surface area (Å²) in [6, 6.07) is 15.2. The number of nitrogens with one attached hydrogen (secondary N) is 1. The first kappa shape index (κ1) is 20.2. The van der Waals surface area contributed by atoms with Crippen LogP contribution in [0.4, 0.5) is 21.5 Å². The normalized spacial score (nSPS) is 14.8. The zero-order valence-corrected chi connectivity index (χ0v) is 16.8. The second kappa shape index (κ2) is 7.75. The third kappa shape index (κ3) is 3.53. The van der Waals surface area contributed by atoms with Crippen molar-refractivity contribution in [2.45, 2.75) is 0 Å². The van der Waals surface area contributed by atoms with E-state index in [1.54, 1.807) is 18.2 Å². The van der Waals surface area contributed by atoms with E-state index < -0.39 is 22.6 Å². The smallest absolute Gasteiger partial charge is 0.282 e. The van der Waals surface area contributed by atoms with E-state index in [0.29, 0.717) is 22.7 Å². The molecule has 2 heterocycles. The number of hydrogen-bond donors (Lipinski definition) is 1. The Kier molecular flexibility index (Phi) is 4.74. The zero-order valence-electron chi connectivity index (χ0n) is 16.8. The number of nitrogens with zero attached hydrogens (tertiary/aromatic N) is 2. The molecule has 2 aliphatic heterocycles. The average Bonchev–Trinajstić information content (AvgIpc) is 3.37. The van der Waals surface area contributed by atoms with Gasteiger partial charge in [-0.1, -0.05) is 0 Å². The van der Waals surface area contributed by atoms with Crippen LogP contribution >= 0.6 is 0 Å². The summed E-state index contributed by atoms with van der Waals surface area (Å²) in [4.78, 5) is 38.0. The molecular formula is C23H14FN3O6. The van der Waals surface area contributed by atoms with Crippen molar-refractivity contribution in [3.8, 4) is 11.5 Å². The van der Waals surface area contributed by atoms with Crippen LogP contribution < -0.4 is 19.7 Å². The number of nitro benzene ring substituents is 1. The van der Waals surface area contributed by atoms with Crippen LogP contribution in [0.5, 0.6) is 11.5 Å². The Labute approximate surface area is 185 Å². The minimum Gasteiger partial charge on any atom is -0.454 e. The number of amides is 2. The van der Waals surface area contributed by atoms with Crippen molar-refractivity contribution in [2.24, 2.45) is 0 Å². The van der Waals surface area contributed by atoms with E-state index in [4.69, 9.17) is 9.47 Å². The summed E-state index contributed by atoms with van der Waals surface area (Å²) in [5.74, 6) is -0.794. The highest BCUT2D eigenvalue weighted by molar-refractivity contribution is 6.46. The number of ether oxygens (including phenoxy) is 2. The van der Waals surface area contributed by atoms with Crippen molar-refractivity contribution in [1.82, 2.24) is 0 Å². The molecule has 9 nitrogen and oxygen atoms in total. The Morgan fingerprint density at radius 3 is 2.30 bits per heavy atom. The molecule has 3 aromatic rings. The fraction of sp³-hybridized carbons (Fsp3) is 0.0435. The van der Waals surface area contributed by atoms with Gasteiger partial charge in [0.05, 0.1) is 16.2 Å². The van der Waals surface area contributed by atoms with Crippen LogP contribution in [0.15, 0.2) is 72.4 Å². The maximum Gasteiger partial charge on any atom is 0.282 e. The van der Waals surface area contributed by atoms with E-state index >= 15 is 0 Å². The maximum absolute atomic E-state index is 13.4. The lowest BCUT2D eigenvalue weighted by molar-refractivity contribution is -0.384. The Balaban J connectivity index is 1.59. The highest BCUT2D eigenvalue weighted by Gasteiger charge is 2.40. The number of halogens is 1. The number of carbonyl (C=O) groups is 2. The molecule has 5 rings (SSSR count). The Morgan fingerprint density at radius 2 is 1.61 bits per heavy atom. The number of rotatable bonds is 5. The predicted octanol–water partition coefficient (Wildman–Crippen LogP) is 3.86. The van der Waals surface area contributed by atoms with Gasteiger partial charge >= 0.3 is 0 Å². The average molecular weight is 447 g/mol. The van der Waals surface area contributed by atoms with Gasteiger partial charge in [0, 0.05) is 23.9 Å². The summed E-state index contributed by atoms with van der Waals surface area (Å²) in [5, 5.41) is 14.0. The van der Waals surface area contributed by atoms with Crippen molar-refractivity contribution in [1.29, 1.82) is 0 Å². The van der Waals surface area contributed by atoms with Gasteiger partial charge < -0.3 is 14.8 Å². The number of nitro groups is 1. The predicted molar refractivity (Wildman–Crippen MR) is 115 cm³/mol. The van der Waals surface area contributed by atoms with Crippen molar-refractivity contribution in [2.75, 3.05) is 17.0 Å². The SMILES string of the molecule is O=C1C(Nc2ccc3c(c2)OCO3)=C(c2ccc([N+](=O)[O-])cc2)C(=O)N1c1ccc(F)cc1. The summed E-state index contributed by atoms with van der Waals surface area (Å²) in [6.07, 6.45) is 0. The minimum atomic E-state index is -0.655. The molecular weight excluding hydrogens is 433 g/mol. The summed E-state index contributed by atoms with van der Waals surface area (Å²) in [7, 11) is 0. The van der Waals surface area contributed by atoms with E-state index in [9.17, 15) is 24.1 Å². The van der Waals surface area contributed by atoms with Crippen LogP contribution in [0.2, 0.25) is 0 Å². The van der Waals surface area contributed by atoms with Gasteiger partial charge in [0.1, 0.15) is 11.5 Å². The fourth-order valence-corrected chi connectivity index (χ4v) is 3.61. The molecule has 0 bridgehead atoms. The molecule has 0 saturated heterocycles. The summed E-state index contributed by atoms with van der Waals surface area (Å²) >= 11 is 0. The highest BCUT2D eigenvalue weighted by Crippen LogP contribution is 2.37. The van der Waals surface area contributed by atoms with E-state index in [1.807, 2.05) is 0 Å². The van der Waals surface area contributed by atoms with Gasteiger partial charge in [0.15, 0.2) is 11.5 Å². The number of carbonyl (C=O) groups excluding carboxylic acids is 2. The third-order valence-corrected chi connectivity index (χ3v) is 5.18. The summed E-state index contributed by atoms with van der Waals surface area (Å²) in [6.45, 7) is 0.0747. The van der Waals surface area contributed by atoms with Crippen LogP contribution in [0.1, 0.15) is 5.56 Å². The fourth-order valence-electron chi connectivity index (χ4n) is 3.61. The third-order valence-electron chi connectivity index (χ3n) is 5.18.